The molecule has 0 unspecified atom stereocenters. The molecule has 0 aliphatic carbocycles. The summed E-state index contributed by atoms with van der Waals surface area (Å²) >= 11 is 6.10. The van der Waals surface area contributed by atoms with Crippen molar-refractivity contribution in [3.63, 3.8) is 0 Å². The predicted octanol–water partition coefficient (Wildman–Crippen LogP) is 4.17. The molecular formula is C16H12ClN3. The Morgan fingerprint density at radius 3 is 2.40 bits per heavy atom. The number of aromatic nitrogens is 3. The third kappa shape index (κ3) is 2.68. The highest BCUT2D eigenvalue weighted by molar-refractivity contribution is 6.29. The van der Waals surface area contributed by atoms with Crippen molar-refractivity contribution in [1.29, 1.82) is 0 Å². The van der Waals surface area contributed by atoms with E-state index in [2.05, 4.69) is 15.0 Å². The number of nitrogens with zero attached hydrogens (tertiary/aromatic N) is 3. The number of rotatable bonds is 2. The van der Waals surface area contributed by atoms with Crippen LogP contribution in [-0.2, 0) is 0 Å². The molecule has 3 nitrogen and oxygen atoms in total. The number of hydrogen-bond acceptors (Lipinski definition) is 3. The molecule has 3 rings (SSSR count). The van der Waals surface area contributed by atoms with Crippen molar-refractivity contribution in [1.82, 2.24) is 15.0 Å². The summed E-state index contributed by atoms with van der Waals surface area (Å²) in [5.41, 5.74) is 3.61. The lowest BCUT2D eigenvalue weighted by Gasteiger charge is -2.05. The van der Waals surface area contributed by atoms with Crippen LogP contribution in [0.5, 0.6) is 0 Å². The largest absolute Gasteiger partial charge is 0.253 e. The van der Waals surface area contributed by atoms with Crippen LogP contribution in [-0.4, -0.2) is 15.0 Å². The summed E-state index contributed by atoms with van der Waals surface area (Å²) in [4.78, 5) is 13.1. The van der Waals surface area contributed by atoms with Crippen LogP contribution in [0.15, 0.2) is 54.7 Å². The van der Waals surface area contributed by atoms with Gasteiger partial charge in [0.2, 0.25) is 0 Å². The summed E-state index contributed by atoms with van der Waals surface area (Å²) in [7, 11) is 0. The molecule has 0 N–H and O–H groups in total. The minimum atomic E-state index is 0.413. The Morgan fingerprint density at radius 2 is 1.70 bits per heavy atom. The van der Waals surface area contributed by atoms with E-state index >= 15 is 0 Å². The molecule has 0 spiro atoms. The van der Waals surface area contributed by atoms with Gasteiger partial charge in [0.1, 0.15) is 10.8 Å². The molecule has 20 heavy (non-hydrogen) atoms. The van der Waals surface area contributed by atoms with Gasteiger partial charge in [-0.2, -0.15) is 0 Å². The molecule has 2 heterocycles. The van der Waals surface area contributed by atoms with Gasteiger partial charge < -0.3 is 0 Å². The molecule has 0 aliphatic rings. The molecule has 3 aromatic rings. The highest BCUT2D eigenvalue weighted by Crippen LogP contribution is 2.23. The summed E-state index contributed by atoms with van der Waals surface area (Å²) in [6.07, 6.45) is 1.79. The first-order valence-corrected chi connectivity index (χ1v) is 6.63. The van der Waals surface area contributed by atoms with E-state index in [9.17, 15) is 0 Å². The van der Waals surface area contributed by atoms with Gasteiger partial charge in [0.05, 0.1) is 5.69 Å². The van der Waals surface area contributed by atoms with E-state index in [0.717, 1.165) is 22.5 Å². The fourth-order valence-electron chi connectivity index (χ4n) is 1.89. The lowest BCUT2D eigenvalue weighted by atomic mass is 10.1. The van der Waals surface area contributed by atoms with Gasteiger partial charge >= 0.3 is 0 Å². The maximum atomic E-state index is 6.10. The minimum absolute atomic E-state index is 0.413. The van der Waals surface area contributed by atoms with E-state index in [1.807, 2.05) is 49.4 Å². The molecule has 98 valence electrons. The van der Waals surface area contributed by atoms with Crippen molar-refractivity contribution in [3.05, 3.63) is 65.4 Å². The molecular weight excluding hydrogens is 270 g/mol. The second-order valence-corrected chi connectivity index (χ2v) is 4.87. The summed E-state index contributed by atoms with van der Waals surface area (Å²) in [6.45, 7) is 1.99. The van der Waals surface area contributed by atoms with Crippen molar-refractivity contribution in [2.75, 3.05) is 0 Å². The highest BCUT2D eigenvalue weighted by Gasteiger charge is 2.08. The van der Waals surface area contributed by atoms with Gasteiger partial charge in [0, 0.05) is 17.8 Å². The maximum absolute atomic E-state index is 6.10. The monoisotopic (exact) mass is 281 g/mol. The molecule has 0 saturated carbocycles. The highest BCUT2D eigenvalue weighted by atomic mass is 35.5. The summed E-state index contributed by atoms with van der Waals surface area (Å²) in [6, 6.07) is 15.5. The van der Waals surface area contributed by atoms with E-state index in [1.165, 1.54) is 0 Å². The first kappa shape index (κ1) is 12.8. The molecule has 0 fully saturated rings. The van der Waals surface area contributed by atoms with Gasteiger partial charge in [-0.25, -0.2) is 9.97 Å². The Kier molecular flexibility index (Phi) is 3.44. The summed E-state index contributed by atoms with van der Waals surface area (Å²) < 4.78 is 0. The molecule has 0 aliphatic heterocycles. The Balaban J connectivity index is 2.09. The fourth-order valence-corrected chi connectivity index (χ4v) is 2.07. The Hall–Kier alpha value is -2.26. The molecule has 0 amide bonds. The van der Waals surface area contributed by atoms with E-state index < -0.39 is 0 Å². The van der Waals surface area contributed by atoms with E-state index in [0.29, 0.717) is 11.0 Å². The molecule has 1 aromatic carbocycles. The van der Waals surface area contributed by atoms with Crippen LogP contribution in [0.2, 0.25) is 5.15 Å². The van der Waals surface area contributed by atoms with E-state index in [1.54, 1.807) is 12.3 Å². The SMILES string of the molecule is Cc1ccc(-c2nc(Cl)cc(-c3ccccc3)n2)nc1. The fraction of sp³-hybridized carbons (Fsp3) is 0.0625. The predicted molar refractivity (Wildman–Crippen MR) is 80.4 cm³/mol. The number of hydrogen-bond donors (Lipinski definition) is 0. The molecule has 0 atom stereocenters. The number of halogens is 1. The van der Waals surface area contributed by atoms with Crippen LogP contribution < -0.4 is 0 Å². The van der Waals surface area contributed by atoms with Gasteiger partial charge in [-0.15, -0.1) is 0 Å². The lowest BCUT2D eigenvalue weighted by Crippen LogP contribution is -1.95. The number of benzene rings is 1. The van der Waals surface area contributed by atoms with Gasteiger partial charge in [-0.3, -0.25) is 4.98 Å². The number of aryl methyl sites for hydroxylation is 1. The molecule has 0 saturated heterocycles. The smallest absolute Gasteiger partial charge is 0.180 e. The summed E-state index contributed by atoms with van der Waals surface area (Å²) in [5, 5.41) is 0.413. The molecule has 0 bridgehead atoms. The van der Waals surface area contributed by atoms with Crippen molar-refractivity contribution < 1.29 is 0 Å². The van der Waals surface area contributed by atoms with E-state index in [-0.39, 0.29) is 0 Å². The normalized spacial score (nSPS) is 10.5. The van der Waals surface area contributed by atoms with Crippen molar-refractivity contribution in [3.8, 4) is 22.8 Å². The zero-order valence-electron chi connectivity index (χ0n) is 10.9. The average Bonchev–Trinajstić information content (AvgIpc) is 2.48. The van der Waals surface area contributed by atoms with Crippen LogP contribution in [0.25, 0.3) is 22.8 Å². The Morgan fingerprint density at radius 1 is 0.900 bits per heavy atom. The molecule has 2 aromatic heterocycles. The van der Waals surface area contributed by atoms with Crippen LogP contribution in [0.1, 0.15) is 5.56 Å². The average molecular weight is 282 g/mol. The number of pyridine rings is 1. The van der Waals surface area contributed by atoms with Gasteiger partial charge in [-0.1, -0.05) is 48.0 Å². The van der Waals surface area contributed by atoms with Crippen molar-refractivity contribution in [2.45, 2.75) is 6.92 Å². The van der Waals surface area contributed by atoms with Gasteiger partial charge in [-0.05, 0) is 18.6 Å². The van der Waals surface area contributed by atoms with Crippen LogP contribution in [0, 0.1) is 6.92 Å². The first-order chi connectivity index (χ1) is 9.72. The summed E-state index contributed by atoms with van der Waals surface area (Å²) in [5.74, 6) is 0.538. The Labute approximate surface area is 122 Å². The third-order valence-electron chi connectivity index (χ3n) is 2.90. The maximum Gasteiger partial charge on any atom is 0.180 e. The first-order valence-electron chi connectivity index (χ1n) is 6.25. The lowest BCUT2D eigenvalue weighted by molar-refractivity contribution is 1.14. The minimum Gasteiger partial charge on any atom is -0.253 e. The quantitative estimate of drug-likeness (QED) is 0.662. The third-order valence-corrected chi connectivity index (χ3v) is 3.10. The van der Waals surface area contributed by atoms with Gasteiger partial charge in [0.15, 0.2) is 5.82 Å². The second-order valence-electron chi connectivity index (χ2n) is 4.49. The van der Waals surface area contributed by atoms with Crippen LogP contribution in [0.4, 0.5) is 0 Å². The topological polar surface area (TPSA) is 38.7 Å². The van der Waals surface area contributed by atoms with Crippen molar-refractivity contribution >= 4 is 11.6 Å². The molecule has 4 heteroatoms. The van der Waals surface area contributed by atoms with Crippen LogP contribution in [0.3, 0.4) is 0 Å². The second kappa shape index (κ2) is 5.39. The zero-order chi connectivity index (χ0) is 13.9. The zero-order valence-corrected chi connectivity index (χ0v) is 11.7. The van der Waals surface area contributed by atoms with E-state index in [4.69, 9.17) is 11.6 Å². The van der Waals surface area contributed by atoms with Crippen molar-refractivity contribution in [2.24, 2.45) is 0 Å². The Bertz CT molecular complexity index is 724. The van der Waals surface area contributed by atoms with Crippen LogP contribution >= 0.6 is 11.6 Å². The standard InChI is InChI=1S/C16H12ClN3/c1-11-7-8-13(18-10-11)16-19-14(9-15(17)20-16)12-5-3-2-4-6-12/h2-10H,1H3. The van der Waals surface area contributed by atoms with Gasteiger partial charge in [0.25, 0.3) is 0 Å². The molecule has 0 radical (unpaired) electrons.